The van der Waals surface area contributed by atoms with Gasteiger partial charge in [0.2, 0.25) is 0 Å². The van der Waals surface area contributed by atoms with E-state index < -0.39 is 0 Å². The molecule has 0 heterocycles. The minimum absolute atomic E-state index is 0.145. The van der Waals surface area contributed by atoms with Crippen LogP contribution in [0.15, 0.2) is 42.5 Å². The lowest BCUT2D eigenvalue weighted by Crippen LogP contribution is -2.23. The van der Waals surface area contributed by atoms with E-state index in [0.717, 1.165) is 16.7 Å². The monoisotopic (exact) mass is 273 g/mol. The average Bonchev–Trinajstić information content (AvgIpc) is 2.37. The second-order valence-corrected chi connectivity index (χ2v) is 5.00. The second-order valence-electron chi connectivity index (χ2n) is 4.59. The molecule has 0 fully saturated rings. The van der Waals surface area contributed by atoms with Crippen LogP contribution in [0, 0.1) is 13.8 Å². The molecule has 0 unspecified atom stereocenters. The van der Waals surface area contributed by atoms with Crippen LogP contribution < -0.4 is 5.32 Å². The normalized spacial score (nSPS) is 10.3. The Labute approximate surface area is 118 Å². The fourth-order valence-corrected chi connectivity index (χ4v) is 2.20. The molecule has 2 rings (SSSR count). The van der Waals surface area contributed by atoms with Gasteiger partial charge in [-0.05, 0) is 42.7 Å². The highest BCUT2D eigenvalue weighted by Gasteiger charge is 2.10. The minimum atomic E-state index is -0.145. The number of halogens is 1. The third-order valence-electron chi connectivity index (χ3n) is 3.07. The fraction of sp³-hybridized carbons (Fsp3) is 0.188. The Morgan fingerprint density at radius 2 is 1.89 bits per heavy atom. The Morgan fingerprint density at radius 3 is 2.58 bits per heavy atom. The highest BCUT2D eigenvalue weighted by molar-refractivity contribution is 6.33. The maximum Gasteiger partial charge on any atom is 0.253 e. The predicted molar refractivity (Wildman–Crippen MR) is 78.5 cm³/mol. The molecule has 2 nitrogen and oxygen atoms in total. The molecule has 2 aromatic rings. The Kier molecular flexibility index (Phi) is 4.23. The summed E-state index contributed by atoms with van der Waals surface area (Å²) in [5.41, 5.74) is 3.83. The Morgan fingerprint density at radius 1 is 1.16 bits per heavy atom. The largest absolute Gasteiger partial charge is 0.348 e. The molecule has 1 N–H and O–H groups in total. The summed E-state index contributed by atoms with van der Waals surface area (Å²) < 4.78 is 0. The van der Waals surface area contributed by atoms with Crippen LogP contribution in [0.5, 0.6) is 0 Å². The maximum absolute atomic E-state index is 12.1. The van der Waals surface area contributed by atoms with Crippen molar-refractivity contribution >= 4 is 17.5 Å². The molecule has 0 aliphatic carbocycles. The predicted octanol–water partition coefficient (Wildman–Crippen LogP) is 3.89. The topological polar surface area (TPSA) is 29.1 Å². The van der Waals surface area contributed by atoms with Gasteiger partial charge in [-0.3, -0.25) is 4.79 Å². The van der Waals surface area contributed by atoms with E-state index in [1.807, 2.05) is 44.2 Å². The molecular formula is C16H16ClNO. The van der Waals surface area contributed by atoms with Crippen LogP contribution in [0.25, 0.3) is 0 Å². The van der Waals surface area contributed by atoms with Crippen molar-refractivity contribution in [3.05, 3.63) is 69.7 Å². The van der Waals surface area contributed by atoms with Crippen molar-refractivity contribution < 1.29 is 4.79 Å². The van der Waals surface area contributed by atoms with E-state index in [9.17, 15) is 4.79 Å². The molecule has 0 radical (unpaired) electrons. The summed E-state index contributed by atoms with van der Waals surface area (Å²) in [6, 6.07) is 13.4. The maximum atomic E-state index is 12.1. The molecule has 0 aliphatic rings. The quantitative estimate of drug-likeness (QED) is 0.903. The van der Waals surface area contributed by atoms with Crippen LogP contribution in [0.2, 0.25) is 5.02 Å². The molecule has 0 aliphatic heterocycles. The lowest BCUT2D eigenvalue weighted by molar-refractivity contribution is 0.0951. The van der Waals surface area contributed by atoms with E-state index in [0.29, 0.717) is 17.1 Å². The first-order valence-electron chi connectivity index (χ1n) is 6.17. The molecule has 98 valence electrons. The van der Waals surface area contributed by atoms with Gasteiger partial charge in [0, 0.05) is 6.54 Å². The van der Waals surface area contributed by atoms with E-state index in [-0.39, 0.29) is 5.91 Å². The van der Waals surface area contributed by atoms with Gasteiger partial charge in [-0.15, -0.1) is 0 Å². The van der Waals surface area contributed by atoms with Crippen molar-refractivity contribution in [1.29, 1.82) is 0 Å². The summed E-state index contributed by atoms with van der Waals surface area (Å²) in [7, 11) is 0. The Balaban J connectivity index is 2.08. The zero-order valence-corrected chi connectivity index (χ0v) is 11.8. The van der Waals surface area contributed by atoms with Gasteiger partial charge in [0.05, 0.1) is 10.6 Å². The Hall–Kier alpha value is -1.80. The van der Waals surface area contributed by atoms with E-state index >= 15 is 0 Å². The number of benzene rings is 2. The molecule has 0 spiro atoms. The number of aryl methyl sites for hydroxylation is 2. The standard InChI is InChI=1S/C16H16ClNO/c1-11-7-8-14(15(17)9-11)16(19)18-10-13-6-4-3-5-12(13)2/h3-9H,10H2,1-2H3,(H,18,19). The van der Waals surface area contributed by atoms with Gasteiger partial charge in [0.25, 0.3) is 5.91 Å². The van der Waals surface area contributed by atoms with Crippen molar-refractivity contribution in [2.75, 3.05) is 0 Å². The lowest BCUT2D eigenvalue weighted by atomic mass is 10.1. The summed E-state index contributed by atoms with van der Waals surface area (Å²) in [5, 5.41) is 3.38. The van der Waals surface area contributed by atoms with Crippen LogP contribution >= 0.6 is 11.6 Å². The SMILES string of the molecule is Cc1ccc(C(=O)NCc2ccccc2C)c(Cl)c1. The second kappa shape index (κ2) is 5.89. The van der Waals surface area contributed by atoms with Gasteiger partial charge in [-0.25, -0.2) is 0 Å². The number of hydrogen-bond donors (Lipinski definition) is 1. The molecule has 1 amide bonds. The van der Waals surface area contributed by atoms with E-state index in [1.165, 1.54) is 0 Å². The number of carbonyl (C=O) groups excluding carboxylic acids is 1. The summed E-state index contributed by atoms with van der Waals surface area (Å²) in [6.07, 6.45) is 0. The van der Waals surface area contributed by atoms with Crippen molar-refractivity contribution in [3.63, 3.8) is 0 Å². The molecule has 0 bridgehead atoms. The first-order valence-corrected chi connectivity index (χ1v) is 6.54. The number of rotatable bonds is 3. The van der Waals surface area contributed by atoms with E-state index in [4.69, 9.17) is 11.6 Å². The number of hydrogen-bond acceptors (Lipinski definition) is 1. The highest BCUT2D eigenvalue weighted by Crippen LogP contribution is 2.17. The zero-order chi connectivity index (χ0) is 13.8. The van der Waals surface area contributed by atoms with Gasteiger partial charge in [0.1, 0.15) is 0 Å². The van der Waals surface area contributed by atoms with Gasteiger partial charge in [-0.1, -0.05) is 41.9 Å². The molecule has 0 aromatic heterocycles. The average molecular weight is 274 g/mol. The summed E-state index contributed by atoms with van der Waals surface area (Å²) in [6.45, 7) is 4.48. The van der Waals surface area contributed by atoms with Crippen molar-refractivity contribution in [2.45, 2.75) is 20.4 Å². The van der Waals surface area contributed by atoms with Crippen LogP contribution in [-0.4, -0.2) is 5.91 Å². The zero-order valence-electron chi connectivity index (χ0n) is 11.0. The molecule has 19 heavy (non-hydrogen) atoms. The lowest BCUT2D eigenvalue weighted by Gasteiger charge is -2.09. The molecule has 0 saturated carbocycles. The summed E-state index contributed by atoms with van der Waals surface area (Å²) >= 11 is 6.08. The third kappa shape index (κ3) is 3.36. The number of nitrogens with one attached hydrogen (secondary N) is 1. The fourth-order valence-electron chi connectivity index (χ4n) is 1.88. The first-order chi connectivity index (χ1) is 9.08. The molecule has 3 heteroatoms. The number of carbonyl (C=O) groups is 1. The highest BCUT2D eigenvalue weighted by atomic mass is 35.5. The van der Waals surface area contributed by atoms with Gasteiger partial charge in [-0.2, -0.15) is 0 Å². The van der Waals surface area contributed by atoms with Crippen molar-refractivity contribution in [1.82, 2.24) is 5.32 Å². The smallest absolute Gasteiger partial charge is 0.253 e. The summed E-state index contributed by atoms with van der Waals surface area (Å²) in [4.78, 5) is 12.1. The van der Waals surface area contributed by atoms with Crippen LogP contribution in [0.3, 0.4) is 0 Å². The van der Waals surface area contributed by atoms with E-state index in [2.05, 4.69) is 5.32 Å². The van der Waals surface area contributed by atoms with Gasteiger partial charge in [0.15, 0.2) is 0 Å². The minimum Gasteiger partial charge on any atom is -0.348 e. The van der Waals surface area contributed by atoms with Crippen LogP contribution in [0.1, 0.15) is 27.0 Å². The van der Waals surface area contributed by atoms with Crippen molar-refractivity contribution in [3.8, 4) is 0 Å². The van der Waals surface area contributed by atoms with Crippen LogP contribution in [-0.2, 0) is 6.54 Å². The molecule has 0 saturated heterocycles. The van der Waals surface area contributed by atoms with Crippen LogP contribution in [0.4, 0.5) is 0 Å². The number of amides is 1. The van der Waals surface area contributed by atoms with Crippen molar-refractivity contribution in [2.24, 2.45) is 0 Å². The van der Waals surface area contributed by atoms with Gasteiger partial charge >= 0.3 is 0 Å². The van der Waals surface area contributed by atoms with Gasteiger partial charge < -0.3 is 5.32 Å². The molecular weight excluding hydrogens is 258 g/mol. The first kappa shape index (κ1) is 13.6. The third-order valence-corrected chi connectivity index (χ3v) is 3.38. The Bertz CT molecular complexity index is 607. The van der Waals surface area contributed by atoms with E-state index in [1.54, 1.807) is 12.1 Å². The molecule has 2 aromatic carbocycles. The molecule has 0 atom stereocenters. The summed E-state index contributed by atoms with van der Waals surface area (Å²) in [5.74, 6) is -0.145.